The molecule has 3 aromatic carbocycles. The maximum atomic E-state index is 16.1. The summed E-state index contributed by atoms with van der Waals surface area (Å²) in [6.07, 6.45) is 1.74. The van der Waals surface area contributed by atoms with Crippen LogP contribution in [0.15, 0.2) is 72.0 Å². The van der Waals surface area contributed by atoms with Gasteiger partial charge < -0.3 is 19.3 Å². The summed E-state index contributed by atoms with van der Waals surface area (Å²) in [6, 6.07) is 12.7. The zero-order valence-electron chi connectivity index (χ0n) is 30.0. The summed E-state index contributed by atoms with van der Waals surface area (Å²) in [5, 5.41) is 0. The van der Waals surface area contributed by atoms with Crippen LogP contribution in [0.1, 0.15) is 60.3 Å². The maximum Gasteiger partial charge on any atom is 0.416 e. The van der Waals surface area contributed by atoms with Crippen LogP contribution in [0.25, 0.3) is 0 Å². The first-order valence-corrected chi connectivity index (χ1v) is 18.7. The number of rotatable bonds is 13. The molecule has 53 heavy (non-hydrogen) atoms. The van der Waals surface area contributed by atoms with E-state index in [0.29, 0.717) is 67.0 Å². The number of aryl methyl sites for hydroxylation is 1. The number of nitrogens with zero attached hydrogens (tertiary/aromatic N) is 5. The first kappa shape index (κ1) is 38.2. The fourth-order valence-corrected chi connectivity index (χ4v) is 8.69. The first-order chi connectivity index (χ1) is 25.2. The fourth-order valence-electron chi connectivity index (χ4n) is 7.20. The number of methoxy groups -OCH3 is 2. The van der Waals surface area contributed by atoms with E-state index < -0.39 is 43.8 Å². The van der Waals surface area contributed by atoms with Crippen molar-refractivity contribution in [3.63, 3.8) is 0 Å². The summed E-state index contributed by atoms with van der Waals surface area (Å²) < 4.78 is 114. The molecule has 1 aromatic heterocycles. The van der Waals surface area contributed by atoms with Crippen LogP contribution in [0.3, 0.4) is 0 Å². The Morgan fingerprint density at radius 3 is 2.32 bits per heavy atom. The molecule has 1 saturated heterocycles. The fraction of sp³-hybridized carbons (Fsp3) is 0.421. The maximum absolute atomic E-state index is 16.1. The smallest absolute Gasteiger partial charge is 0.416 e. The van der Waals surface area contributed by atoms with Gasteiger partial charge in [0.1, 0.15) is 35.3 Å². The van der Waals surface area contributed by atoms with Crippen LogP contribution < -0.4 is 18.7 Å². The van der Waals surface area contributed by atoms with E-state index in [-0.39, 0.29) is 24.0 Å². The number of piperidine rings is 1. The molecule has 0 spiro atoms. The highest BCUT2D eigenvalue weighted by atomic mass is 32.2. The number of alkyl halides is 3. The largest absolute Gasteiger partial charge is 0.497 e. The number of ether oxygens (including phenoxy) is 2. The molecule has 1 atom stereocenters. The van der Waals surface area contributed by atoms with Gasteiger partial charge in [-0.3, -0.25) is 0 Å². The SMILES string of the molecule is COc1ccc(CN(c2ccncn2)S(=O)(=O)c2c(F)cc(N3CCCC(CCc4ccc(C5CC5)c(C(F)(F)F)c4)(N(C)C)C3)cc2F)c(OC)c1. The molecule has 1 saturated carbocycles. The average Bonchev–Trinajstić information content (AvgIpc) is 3.98. The lowest BCUT2D eigenvalue weighted by atomic mass is 9.82. The topological polar surface area (TPSA) is 88.1 Å². The van der Waals surface area contributed by atoms with Crippen molar-refractivity contribution in [3.8, 4) is 11.5 Å². The summed E-state index contributed by atoms with van der Waals surface area (Å²) in [6.45, 7) is 0.388. The van der Waals surface area contributed by atoms with Crippen LogP contribution in [0.2, 0.25) is 0 Å². The van der Waals surface area contributed by atoms with Gasteiger partial charge in [0.2, 0.25) is 0 Å². The van der Waals surface area contributed by atoms with Gasteiger partial charge in [-0.1, -0.05) is 12.1 Å². The number of aromatic nitrogens is 2. The number of hydrogen-bond acceptors (Lipinski definition) is 8. The molecule has 0 N–H and O–H groups in total. The van der Waals surface area contributed by atoms with Gasteiger partial charge in [-0.15, -0.1) is 0 Å². The van der Waals surface area contributed by atoms with Crippen LogP contribution >= 0.6 is 0 Å². The van der Waals surface area contributed by atoms with Crippen molar-refractivity contribution in [2.75, 3.05) is 50.6 Å². The van der Waals surface area contributed by atoms with E-state index in [2.05, 4.69) is 9.97 Å². The van der Waals surface area contributed by atoms with Gasteiger partial charge in [0.05, 0.1) is 26.3 Å². The van der Waals surface area contributed by atoms with Gasteiger partial charge in [0.15, 0.2) is 4.90 Å². The molecule has 0 bridgehead atoms. The minimum Gasteiger partial charge on any atom is -0.497 e. The van der Waals surface area contributed by atoms with Gasteiger partial charge in [-0.05, 0) is 100.0 Å². The molecule has 4 aromatic rings. The Labute approximate surface area is 306 Å². The highest BCUT2D eigenvalue weighted by Crippen LogP contribution is 2.46. The van der Waals surface area contributed by atoms with E-state index in [4.69, 9.17) is 9.47 Å². The van der Waals surface area contributed by atoms with Crippen molar-refractivity contribution < 1.29 is 39.8 Å². The summed E-state index contributed by atoms with van der Waals surface area (Å²) in [4.78, 5) is 10.6. The third-order valence-electron chi connectivity index (χ3n) is 10.3. The average molecular weight is 760 g/mol. The number of likely N-dealkylation sites (N-methyl/N-ethyl adjacent to an activating group) is 1. The lowest BCUT2D eigenvalue weighted by Crippen LogP contribution is -2.56. The third-order valence-corrected chi connectivity index (χ3v) is 12.2. The predicted molar refractivity (Wildman–Crippen MR) is 191 cm³/mol. The molecule has 0 amide bonds. The molecule has 1 aliphatic heterocycles. The predicted octanol–water partition coefficient (Wildman–Crippen LogP) is 7.60. The van der Waals surface area contributed by atoms with Crippen LogP contribution in [-0.4, -0.2) is 70.2 Å². The molecule has 6 rings (SSSR count). The summed E-state index contributed by atoms with van der Waals surface area (Å²) in [5.41, 5.74) is 0.349. The minimum absolute atomic E-state index is 0.0461. The highest BCUT2D eigenvalue weighted by Gasteiger charge is 2.41. The normalized spacial score (nSPS) is 18.0. The number of hydrogen-bond donors (Lipinski definition) is 0. The van der Waals surface area contributed by atoms with E-state index in [1.807, 2.05) is 19.0 Å². The molecular weight excluding hydrogens is 718 g/mol. The molecule has 0 radical (unpaired) electrons. The summed E-state index contributed by atoms with van der Waals surface area (Å²) in [7, 11) is 1.75. The number of halogens is 5. The third kappa shape index (κ3) is 8.05. The standard InChI is InChI=1S/C38H42F5N5O4S/c1-46(2)37(15-12-25-6-11-30(26-7-8-26)31(18-25)38(41,42)43)14-5-17-47(23-37)28-19-32(39)36(33(40)20-28)53(49,50)48(35-13-16-44-24-45-35)22-27-9-10-29(51-3)21-34(27)52-4/h6,9-11,13,16,18-21,24,26H,5,7-8,12,14-15,17,22-23H2,1-4H3. The van der Waals surface area contributed by atoms with Gasteiger partial charge in [0.25, 0.3) is 10.0 Å². The lowest BCUT2D eigenvalue weighted by Gasteiger charge is -2.48. The van der Waals surface area contributed by atoms with E-state index in [9.17, 15) is 21.6 Å². The van der Waals surface area contributed by atoms with Gasteiger partial charge in [-0.25, -0.2) is 31.5 Å². The Morgan fingerprint density at radius 2 is 1.72 bits per heavy atom. The molecule has 2 aliphatic rings. The van der Waals surface area contributed by atoms with E-state index in [1.165, 1.54) is 32.5 Å². The Bertz CT molecular complexity index is 2020. The monoisotopic (exact) mass is 759 g/mol. The van der Waals surface area contributed by atoms with E-state index in [1.54, 1.807) is 35.2 Å². The minimum atomic E-state index is -4.90. The summed E-state index contributed by atoms with van der Waals surface area (Å²) in [5.74, 6) is -1.97. The molecule has 2 heterocycles. The summed E-state index contributed by atoms with van der Waals surface area (Å²) >= 11 is 0. The number of anilines is 2. The van der Waals surface area contributed by atoms with E-state index >= 15 is 8.78 Å². The van der Waals surface area contributed by atoms with Crippen LogP contribution in [0, 0.1) is 11.6 Å². The second-order valence-electron chi connectivity index (χ2n) is 13.8. The molecule has 1 unspecified atom stereocenters. The van der Waals surface area contributed by atoms with Crippen LogP contribution in [0.4, 0.5) is 33.5 Å². The van der Waals surface area contributed by atoms with Crippen LogP contribution in [-0.2, 0) is 29.2 Å². The first-order valence-electron chi connectivity index (χ1n) is 17.3. The molecular formula is C38H42F5N5O4S. The molecule has 1 aliphatic carbocycles. The molecule has 9 nitrogen and oxygen atoms in total. The molecule has 15 heteroatoms. The zero-order chi connectivity index (χ0) is 38.1. The van der Waals surface area contributed by atoms with Crippen molar-refractivity contribution in [2.45, 2.75) is 67.6 Å². The highest BCUT2D eigenvalue weighted by molar-refractivity contribution is 7.92. The van der Waals surface area contributed by atoms with Gasteiger partial charge in [0, 0.05) is 48.2 Å². The van der Waals surface area contributed by atoms with Crippen molar-refractivity contribution in [1.82, 2.24) is 14.9 Å². The Kier molecular flexibility index (Phi) is 10.9. The van der Waals surface area contributed by atoms with Crippen molar-refractivity contribution in [3.05, 3.63) is 101 Å². The Balaban J connectivity index is 1.28. The van der Waals surface area contributed by atoms with E-state index in [0.717, 1.165) is 35.6 Å². The lowest BCUT2D eigenvalue weighted by molar-refractivity contribution is -0.138. The second kappa shape index (κ2) is 15.1. The molecule has 2 fully saturated rings. The van der Waals surface area contributed by atoms with Gasteiger partial charge >= 0.3 is 6.18 Å². The Hall–Kier alpha value is -4.50. The van der Waals surface area contributed by atoms with Crippen molar-refractivity contribution >= 4 is 21.5 Å². The number of sulfonamides is 1. The zero-order valence-corrected chi connectivity index (χ0v) is 30.8. The van der Waals surface area contributed by atoms with Gasteiger partial charge in [-0.2, -0.15) is 13.2 Å². The second-order valence-corrected chi connectivity index (χ2v) is 15.6. The van der Waals surface area contributed by atoms with Crippen molar-refractivity contribution in [1.29, 1.82) is 0 Å². The van der Waals surface area contributed by atoms with Crippen molar-refractivity contribution in [2.24, 2.45) is 0 Å². The molecule has 284 valence electrons. The quantitative estimate of drug-likeness (QED) is 0.129. The van der Waals surface area contributed by atoms with Crippen LogP contribution in [0.5, 0.6) is 11.5 Å². The Morgan fingerprint density at radius 1 is 0.981 bits per heavy atom. The number of benzene rings is 3.